The van der Waals surface area contributed by atoms with Gasteiger partial charge in [-0.3, -0.25) is 19.7 Å². The molecule has 4 rings (SSSR count). The lowest BCUT2D eigenvalue weighted by molar-refractivity contribution is -0.122. The molecule has 0 saturated carbocycles. The van der Waals surface area contributed by atoms with Crippen LogP contribution in [0.3, 0.4) is 0 Å². The molecule has 1 saturated heterocycles. The van der Waals surface area contributed by atoms with Crippen LogP contribution in [0.15, 0.2) is 60.2 Å². The fraction of sp³-hybridized carbons (Fsp3) is 0.172. The van der Waals surface area contributed by atoms with Gasteiger partial charge in [-0.25, -0.2) is 9.69 Å². The third kappa shape index (κ3) is 6.44. The second-order valence-corrected chi connectivity index (χ2v) is 9.65. The Morgan fingerprint density at radius 2 is 1.62 bits per heavy atom. The van der Waals surface area contributed by atoms with Crippen LogP contribution in [-0.2, 0) is 14.4 Å². The summed E-state index contributed by atoms with van der Waals surface area (Å²) in [5.74, 6) is -1.48. The predicted molar refractivity (Wildman–Crippen MR) is 153 cm³/mol. The summed E-state index contributed by atoms with van der Waals surface area (Å²) in [5, 5.41) is 5.02. The zero-order chi connectivity index (χ0) is 29.0. The van der Waals surface area contributed by atoms with Crippen LogP contribution in [0.25, 0.3) is 6.08 Å². The van der Waals surface area contributed by atoms with Gasteiger partial charge in [-0.1, -0.05) is 29.3 Å². The molecule has 1 aliphatic rings. The number of barbiturate groups is 1. The average molecular weight is 582 g/mol. The van der Waals surface area contributed by atoms with Crippen LogP contribution >= 0.6 is 23.2 Å². The number of urea groups is 1. The molecule has 206 valence electrons. The number of hydrogen-bond donors (Lipinski definition) is 2. The highest BCUT2D eigenvalue weighted by Crippen LogP contribution is 2.35. The zero-order valence-corrected chi connectivity index (χ0v) is 23.4. The van der Waals surface area contributed by atoms with Crippen molar-refractivity contribution >= 4 is 64.4 Å². The van der Waals surface area contributed by atoms with Crippen LogP contribution in [0.4, 0.5) is 16.2 Å². The number of nitrogens with zero attached hydrogens (tertiary/aromatic N) is 1. The number of ether oxygens (including phenoxy) is 2. The van der Waals surface area contributed by atoms with E-state index in [9.17, 15) is 19.2 Å². The first kappa shape index (κ1) is 28.7. The Hall–Kier alpha value is -4.34. The monoisotopic (exact) mass is 581 g/mol. The van der Waals surface area contributed by atoms with Gasteiger partial charge in [0.1, 0.15) is 11.3 Å². The minimum absolute atomic E-state index is 0.0569. The summed E-state index contributed by atoms with van der Waals surface area (Å²) in [5.41, 5.74) is 3.02. The van der Waals surface area contributed by atoms with Crippen molar-refractivity contribution in [2.75, 3.05) is 23.4 Å². The van der Waals surface area contributed by atoms with Crippen molar-refractivity contribution in [3.05, 3.63) is 86.9 Å². The SMILES string of the molecule is CCOc1ccc(N2C(=O)NC(=O)/C(=C\c3cc(Cl)c(OCC(=O)Nc4ccc(C)c(C)c4)c(Cl)c3)C2=O)cc1. The molecule has 0 radical (unpaired) electrons. The Morgan fingerprint density at radius 3 is 2.25 bits per heavy atom. The predicted octanol–water partition coefficient (Wildman–Crippen LogP) is 5.69. The number of benzene rings is 3. The number of amides is 5. The van der Waals surface area contributed by atoms with E-state index in [-0.39, 0.29) is 33.7 Å². The third-order valence-electron chi connectivity index (χ3n) is 5.98. The van der Waals surface area contributed by atoms with E-state index >= 15 is 0 Å². The van der Waals surface area contributed by atoms with E-state index in [0.29, 0.717) is 23.6 Å². The molecule has 3 aromatic carbocycles. The molecule has 0 aromatic heterocycles. The quantitative estimate of drug-likeness (QED) is 0.261. The van der Waals surface area contributed by atoms with Gasteiger partial charge in [0, 0.05) is 5.69 Å². The molecule has 40 heavy (non-hydrogen) atoms. The molecule has 0 bridgehead atoms. The van der Waals surface area contributed by atoms with Crippen LogP contribution in [0.2, 0.25) is 10.0 Å². The van der Waals surface area contributed by atoms with Gasteiger partial charge in [0.25, 0.3) is 17.7 Å². The summed E-state index contributed by atoms with van der Waals surface area (Å²) in [4.78, 5) is 51.4. The summed E-state index contributed by atoms with van der Waals surface area (Å²) in [7, 11) is 0. The van der Waals surface area contributed by atoms with Gasteiger partial charge in [0.05, 0.1) is 22.3 Å². The summed E-state index contributed by atoms with van der Waals surface area (Å²) >= 11 is 12.7. The van der Waals surface area contributed by atoms with Crippen LogP contribution in [0, 0.1) is 13.8 Å². The number of carbonyl (C=O) groups excluding carboxylic acids is 4. The number of carbonyl (C=O) groups is 4. The Labute approximate surface area is 240 Å². The second-order valence-electron chi connectivity index (χ2n) is 8.83. The van der Waals surface area contributed by atoms with E-state index in [1.807, 2.05) is 32.9 Å². The Kier molecular flexibility index (Phi) is 8.77. The van der Waals surface area contributed by atoms with Crippen LogP contribution in [0.1, 0.15) is 23.6 Å². The third-order valence-corrected chi connectivity index (χ3v) is 6.54. The van der Waals surface area contributed by atoms with Crippen LogP contribution in [0.5, 0.6) is 11.5 Å². The molecule has 0 aliphatic carbocycles. The molecule has 5 amide bonds. The summed E-state index contributed by atoms with van der Waals surface area (Å²) in [6.45, 7) is 5.85. The summed E-state index contributed by atoms with van der Waals surface area (Å²) in [6.07, 6.45) is 1.26. The lowest BCUT2D eigenvalue weighted by Gasteiger charge is -2.26. The Bertz CT molecular complexity index is 1510. The van der Waals surface area contributed by atoms with Crippen molar-refractivity contribution in [1.82, 2.24) is 5.32 Å². The van der Waals surface area contributed by atoms with Crippen LogP contribution in [-0.4, -0.2) is 37.0 Å². The maximum Gasteiger partial charge on any atom is 0.335 e. The van der Waals surface area contributed by atoms with E-state index in [4.69, 9.17) is 32.7 Å². The normalized spacial score (nSPS) is 14.3. The standard InChI is InChI=1S/C29H25Cl2N3O6/c1-4-39-21-9-7-20(8-10-21)34-28(37)22(27(36)33-29(34)38)12-18-13-23(30)26(24(31)14-18)40-15-25(35)32-19-6-5-16(2)17(3)11-19/h5-14H,4,15H2,1-3H3,(H,32,35)(H,33,36,38)/b22-12+. The molecule has 0 unspecified atom stereocenters. The van der Waals surface area contributed by atoms with Crippen molar-refractivity contribution in [3.8, 4) is 11.5 Å². The molecule has 11 heteroatoms. The van der Waals surface area contributed by atoms with Crippen LogP contribution < -0.4 is 25.0 Å². The lowest BCUT2D eigenvalue weighted by atomic mass is 10.1. The molecule has 0 atom stereocenters. The van der Waals surface area contributed by atoms with E-state index in [0.717, 1.165) is 16.0 Å². The number of rotatable bonds is 8. The first-order chi connectivity index (χ1) is 19.1. The maximum absolute atomic E-state index is 13.2. The Morgan fingerprint density at radius 1 is 0.950 bits per heavy atom. The highest BCUT2D eigenvalue weighted by Gasteiger charge is 2.37. The van der Waals surface area contributed by atoms with Gasteiger partial charge in [-0.05, 0) is 92.1 Å². The van der Waals surface area contributed by atoms with E-state index in [1.165, 1.54) is 30.3 Å². The van der Waals surface area contributed by atoms with Crippen molar-refractivity contribution in [2.45, 2.75) is 20.8 Å². The lowest BCUT2D eigenvalue weighted by Crippen LogP contribution is -2.54. The molecule has 2 N–H and O–H groups in total. The largest absolute Gasteiger partial charge is 0.494 e. The minimum Gasteiger partial charge on any atom is -0.494 e. The number of aryl methyl sites for hydroxylation is 2. The smallest absolute Gasteiger partial charge is 0.335 e. The van der Waals surface area contributed by atoms with E-state index in [2.05, 4.69) is 10.6 Å². The van der Waals surface area contributed by atoms with Gasteiger partial charge >= 0.3 is 6.03 Å². The summed E-state index contributed by atoms with van der Waals surface area (Å²) in [6, 6.07) is 13.8. The molecular formula is C29H25Cl2N3O6. The topological polar surface area (TPSA) is 114 Å². The fourth-order valence-corrected chi connectivity index (χ4v) is 4.48. The number of imide groups is 2. The minimum atomic E-state index is -0.879. The molecule has 1 fully saturated rings. The van der Waals surface area contributed by atoms with Crippen molar-refractivity contribution < 1.29 is 28.7 Å². The van der Waals surface area contributed by atoms with Gasteiger partial charge in [-0.15, -0.1) is 0 Å². The summed E-state index contributed by atoms with van der Waals surface area (Å²) < 4.78 is 10.9. The molecule has 1 aliphatic heterocycles. The first-order valence-corrected chi connectivity index (χ1v) is 13.0. The van der Waals surface area contributed by atoms with Gasteiger partial charge < -0.3 is 14.8 Å². The van der Waals surface area contributed by atoms with Crippen molar-refractivity contribution in [2.24, 2.45) is 0 Å². The molecular weight excluding hydrogens is 557 g/mol. The van der Waals surface area contributed by atoms with Gasteiger partial charge in [0.2, 0.25) is 0 Å². The van der Waals surface area contributed by atoms with E-state index < -0.39 is 23.8 Å². The number of halogens is 2. The van der Waals surface area contributed by atoms with E-state index in [1.54, 1.807) is 18.2 Å². The fourth-order valence-electron chi connectivity index (χ4n) is 3.87. The van der Waals surface area contributed by atoms with Gasteiger partial charge in [0.15, 0.2) is 12.4 Å². The molecule has 3 aromatic rings. The average Bonchev–Trinajstić information content (AvgIpc) is 2.89. The van der Waals surface area contributed by atoms with Gasteiger partial charge in [-0.2, -0.15) is 0 Å². The number of hydrogen-bond acceptors (Lipinski definition) is 6. The van der Waals surface area contributed by atoms with Crippen molar-refractivity contribution in [3.63, 3.8) is 0 Å². The zero-order valence-electron chi connectivity index (χ0n) is 21.8. The second kappa shape index (κ2) is 12.2. The highest BCUT2D eigenvalue weighted by molar-refractivity contribution is 6.40. The Balaban J connectivity index is 1.50. The maximum atomic E-state index is 13.2. The molecule has 9 nitrogen and oxygen atoms in total. The first-order valence-electron chi connectivity index (χ1n) is 12.2. The number of nitrogens with one attached hydrogen (secondary N) is 2. The molecule has 1 heterocycles. The van der Waals surface area contributed by atoms with Crippen molar-refractivity contribution in [1.29, 1.82) is 0 Å². The highest BCUT2D eigenvalue weighted by atomic mass is 35.5. The molecule has 0 spiro atoms. The number of anilines is 2.